The number of methoxy groups -OCH3 is 2. The van der Waals surface area contributed by atoms with Crippen LogP contribution in [0.4, 0.5) is 0 Å². The van der Waals surface area contributed by atoms with E-state index in [1.807, 2.05) is 48.5 Å². The van der Waals surface area contributed by atoms with Crippen LogP contribution in [0.3, 0.4) is 0 Å². The number of carbonyl (C=O) groups excluding carboxylic acids is 6. The van der Waals surface area contributed by atoms with Gasteiger partial charge in [0.05, 0.1) is 50.8 Å². The molecule has 2 aromatic heterocycles. The molecule has 2 aromatic carbocycles. The lowest BCUT2D eigenvalue weighted by molar-refractivity contribution is -0.137. The first-order valence-corrected chi connectivity index (χ1v) is 23.5. The van der Waals surface area contributed by atoms with Gasteiger partial charge in [-0.15, -0.1) is 22.7 Å². The molecule has 67 heavy (non-hydrogen) atoms. The number of guanidine groups is 2. The highest BCUT2D eigenvalue weighted by Gasteiger charge is 2.40. The van der Waals surface area contributed by atoms with Crippen molar-refractivity contribution in [2.45, 2.75) is 95.7 Å². The van der Waals surface area contributed by atoms with Gasteiger partial charge >= 0.3 is 0 Å². The lowest BCUT2D eigenvalue weighted by atomic mass is 10.1. The Bertz CT molecular complexity index is 2300. The lowest BCUT2D eigenvalue weighted by Gasteiger charge is -2.25. The molecule has 2 aliphatic rings. The van der Waals surface area contributed by atoms with E-state index in [0.29, 0.717) is 80.2 Å². The largest absolute Gasteiger partial charge is 0.380 e. The molecule has 4 aromatic rings. The highest BCUT2D eigenvalue weighted by atomic mass is 32.1. The van der Waals surface area contributed by atoms with Crippen LogP contribution in [-0.2, 0) is 28.7 Å². The van der Waals surface area contributed by atoms with Crippen molar-refractivity contribution in [2.24, 2.45) is 27.2 Å². The molecule has 20 nitrogen and oxygen atoms in total. The SMILES string of the molecule is CN=C(N)NCCC[C@H](N)C(=O)c1nc2ccccc2s1.CN=C(N)NCCC[C@H](NC(=O)[C@@H]1C[C@@H](OC)CN1C(C)=O)C(=O)c1nc2ccccc2s1.CO[C@@H]1C[C@@H](C(C)=O)N(C(C)=O)C1. The molecule has 4 heterocycles. The van der Waals surface area contributed by atoms with Crippen LogP contribution in [0.2, 0.25) is 0 Å². The number of likely N-dealkylation sites (tertiary alicyclic amines) is 2. The first kappa shape index (κ1) is 53.7. The zero-order valence-corrected chi connectivity index (χ0v) is 40.8. The van der Waals surface area contributed by atoms with E-state index in [4.69, 9.17) is 26.7 Å². The molecule has 0 bridgehead atoms. The van der Waals surface area contributed by atoms with Gasteiger partial charge in [-0.05, 0) is 56.9 Å². The fourth-order valence-corrected chi connectivity index (χ4v) is 9.35. The second kappa shape index (κ2) is 26.4. The molecular formula is C45H64N12O8S2. The van der Waals surface area contributed by atoms with E-state index in [0.717, 1.165) is 26.9 Å². The molecular weight excluding hydrogens is 901 g/mol. The number of thiazole rings is 2. The summed E-state index contributed by atoms with van der Waals surface area (Å²) in [5.41, 5.74) is 18.7. The molecule has 364 valence electrons. The normalized spacial score (nSPS) is 19.2. The van der Waals surface area contributed by atoms with Gasteiger partial charge < -0.3 is 52.4 Å². The number of aromatic nitrogens is 2. The highest BCUT2D eigenvalue weighted by molar-refractivity contribution is 7.20. The summed E-state index contributed by atoms with van der Waals surface area (Å²) in [5.74, 6) is -0.253. The Morgan fingerprint density at radius 1 is 0.716 bits per heavy atom. The summed E-state index contributed by atoms with van der Waals surface area (Å²) < 4.78 is 12.4. The van der Waals surface area contributed by atoms with Crippen LogP contribution in [0.25, 0.3) is 20.4 Å². The van der Waals surface area contributed by atoms with Gasteiger partial charge in [-0.25, -0.2) is 9.97 Å². The molecule has 2 aliphatic heterocycles. The minimum Gasteiger partial charge on any atom is -0.380 e. The Morgan fingerprint density at radius 2 is 1.16 bits per heavy atom. The Labute approximate surface area is 398 Å². The van der Waals surface area contributed by atoms with Gasteiger partial charge in [-0.3, -0.25) is 38.8 Å². The van der Waals surface area contributed by atoms with Crippen LogP contribution in [0.5, 0.6) is 0 Å². The zero-order chi connectivity index (χ0) is 49.2. The molecule has 2 fully saturated rings. The summed E-state index contributed by atoms with van der Waals surface area (Å²) in [7, 11) is 6.36. The predicted octanol–water partition coefficient (Wildman–Crippen LogP) is 2.25. The lowest BCUT2D eigenvalue weighted by Crippen LogP contribution is -2.50. The fourth-order valence-electron chi connectivity index (χ4n) is 7.42. The number of ketones is 3. The minimum atomic E-state index is -0.782. The first-order chi connectivity index (χ1) is 32.0. The number of hydrogen-bond acceptors (Lipinski definition) is 15. The summed E-state index contributed by atoms with van der Waals surface area (Å²) in [6.45, 7) is 6.44. The number of carbonyl (C=O) groups is 6. The number of rotatable bonds is 17. The van der Waals surface area contributed by atoms with Crippen molar-refractivity contribution in [3.8, 4) is 0 Å². The monoisotopic (exact) mass is 964 g/mol. The molecule has 2 saturated heterocycles. The molecule has 3 amide bonds. The molecule has 22 heteroatoms. The topological polar surface area (TPSA) is 292 Å². The zero-order valence-electron chi connectivity index (χ0n) is 39.2. The van der Waals surface area contributed by atoms with Crippen molar-refractivity contribution < 1.29 is 38.2 Å². The van der Waals surface area contributed by atoms with Crippen molar-refractivity contribution in [2.75, 3.05) is 54.5 Å². The Morgan fingerprint density at radius 3 is 1.60 bits per heavy atom. The number of para-hydroxylation sites is 2. The standard InChI is InChI=1S/C22H30N6O4S.C14H19N5OS.C9H15NO3/c1-13(29)28-12-14(32-3)11-17(28)20(31)26-16(8-6-10-25-22(23)24-2)19(30)21-27-15-7-4-5-9-18(15)33-21;1-17-14(16)18-8-4-5-9(15)12(20)13-19-10-6-2-3-7-11(10)21-13;1-6(11)9-4-8(13-3)5-10(9)7(2)12/h4-5,7,9,14,16-17H,6,8,10-12H2,1-3H3,(H,26,31)(H3,23,24,25);2-3,6-7,9H,4-5,8,15H2,1H3,(H3,16,17,18);8-9H,4-5H2,1-3H3/t14-,16+,17+;9-;8-,9+/m101/s1. The number of benzene rings is 2. The van der Waals surface area contributed by atoms with Gasteiger partial charge in [-0.2, -0.15) is 0 Å². The van der Waals surface area contributed by atoms with Gasteiger partial charge in [0.1, 0.15) is 6.04 Å². The summed E-state index contributed by atoms with van der Waals surface area (Å²) in [6.07, 6.45) is 3.08. The molecule has 0 saturated carbocycles. The Balaban J connectivity index is 0.000000245. The maximum Gasteiger partial charge on any atom is 0.243 e. The van der Waals surface area contributed by atoms with E-state index in [-0.39, 0.29) is 53.3 Å². The van der Waals surface area contributed by atoms with Gasteiger partial charge in [0.25, 0.3) is 0 Å². The third-order valence-corrected chi connectivity index (χ3v) is 13.3. The third-order valence-electron chi connectivity index (χ3n) is 11.2. The van der Waals surface area contributed by atoms with E-state index >= 15 is 0 Å². The second-order valence-electron chi connectivity index (χ2n) is 15.9. The molecule has 0 radical (unpaired) electrons. The Hall–Kier alpha value is -5.94. The van der Waals surface area contributed by atoms with Gasteiger partial charge in [-0.1, -0.05) is 24.3 Å². The number of amides is 3. The molecule has 0 spiro atoms. The van der Waals surface area contributed by atoms with E-state index in [9.17, 15) is 28.8 Å². The highest BCUT2D eigenvalue weighted by Crippen LogP contribution is 2.26. The smallest absolute Gasteiger partial charge is 0.243 e. The minimum absolute atomic E-state index is 0.0119. The number of nitrogens with two attached hydrogens (primary N) is 3. The van der Waals surface area contributed by atoms with E-state index in [2.05, 4.69) is 35.9 Å². The molecule has 6 atom stereocenters. The van der Waals surface area contributed by atoms with Crippen molar-refractivity contribution in [3.05, 3.63) is 58.5 Å². The maximum absolute atomic E-state index is 13.3. The van der Waals surface area contributed by atoms with Crippen molar-refractivity contribution in [3.63, 3.8) is 0 Å². The summed E-state index contributed by atoms with van der Waals surface area (Å²) in [5, 5.41) is 9.58. The number of Topliss-reactive ketones (excluding diaryl/α,β-unsaturated/α-hetero) is 3. The summed E-state index contributed by atoms with van der Waals surface area (Å²) >= 11 is 2.69. The van der Waals surface area contributed by atoms with Crippen LogP contribution in [0, 0.1) is 0 Å². The Kier molecular flexibility index (Phi) is 21.2. The maximum atomic E-state index is 13.3. The first-order valence-electron chi connectivity index (χ1n) is 21.9. The van der Waals surface area contributed by atoms with Gasteiger partial charge in [0, 0.05) is 81.2 Å². The molecule has 0 unspecified atom stereocenters. The van der Waals surface area contributed by atoms with Gasteiger partial charge in [0.15, 0.2) is 27.7 Å². The fraction of sp³-hybridized carbons (Fsp3) is 0.511. The average molecular weight is 965 g/mol. The van der Waals surface area contributed by atoms with Crippen molar-refractivity contribution in [1.29, 1.82) is 0 Å². The predicted molar refractivity (Wildman–Crippen MR) is 261 cm³/mol. The quantitative estimate of drug-likeness (QED) is 0.0383. The number of nitrogens with one attached hydrogen (secondary N) is 3. The summed E-state index contributed by atoms with van der Waals surface area (Å²) in [6, 6.07) is 12.9. The number of fused-ring (bicyclic) bond motifs is 2. The van der Waals surface area contributed by atoms with Crippen molar-refractivity contribution in [1.82, 2.24) is 35.7 Å². The average Bonchev–Trinajstić information content (AvgIpc) is 4.15. The molecule has 6 rings (SSSR count). The van der Waals surface area contributed by atoms with Crippen LogP contribution in [0.15, 0.2) is 58.5 Å². The van der Waals surface area contributed by atoms with Crippen LogP contribution in [0.1, 0.15) is 78.9 Å². The van der Waals surface area contributed by atoms with E-state index < -0.39 is 18.1 Å². The van der Waals surface area contributed by atoms with E-state index in [1.165, 1.54) is 48.3 Å². The number of hydrogen-bond donors (Lipinski definition) is 6. The second-order valence-corrected chi connectivity index (χ2v) is 18.0. The third kappa shape index (κ3) is 15.6. The number of ether oxygens (including phenoxy) is 2. The van der Waals surface area contributed by atoms with Gasteiger partial charge in [0.2, 0.25) is 29.3 Å². The van der Waals surface area contributed by atoms with Crippen LogP contribution < -0.4 is 33.2 Å². The molecule has 0 aliphatic carbocycles. The molecule has 9 N–H and O–H groups in total. The summed E-state index contributed by atoms with van der Waals surface area (Å²) in [4.78, 5) is 92.6. The van der Waals surface area contributed by atoms with Crippen LogP contribution >= 0.6 is 22.7 Å². The number of aliphatic imine (C=N–C) groups is 2. The van der Waals surface area contributed by atoms with Crippen LogP contribution in [-0.4, -0.2) is 158 Å². The number of nitrogens with zero attached hydrogens (tertiary/aromatic N) is 6. The van der Waals surface area contributed by atoms with Crippen molar-refractivity contribution >= 4 is 90.1 Å². The van der Waals surface area contributed by atoms with E-state index in [1.54, 1.807) is 33.2 Å².